The largest absolute Gasteiger partial charge is 0.510 e. The molecule has 0 aliphatic carbocycles. The molecule has 0 saturated heterocycles. The molecule has 6 heterocycles. The van der Waals surface area contributed by atoms with E-state index in [1.165, 1.54) is 16.7 Å². The number of benzene rings is 8. The summed E-state index contributed by atoms with van der Waals surface area (Å²) in [4.78, 5) is 4.83. The van der Waals surface area contributed by atoms with Gasteiger partial charge < -0.3 is 22.4 Å². The molecule has 0 radical (unpaired) electrons. The molecule has 1 aliphatic rings. The van der Waals surface area contributed by atoms with Crippen LogP contribution >= 0.6 is 0 Å². The molecule has 0 spiro atoms. The van der Waals surface area contributed by atoms with Crippen LogP contribution in [0.1, 0.15) is 81.6 Å². The van der Waals surface area contributed by atoms with Crippen molar-refractivity contribution in [1.82, 2.24) is 18.5 Å². The molecule has 0 N–H and O–H groups in total. The molecular weight excluding hydrogens is 1050 g/mol. The monoisotopic (exact) mass is 1120 g/mol. The van der Waals surface area contributed by atoms with E-state index in [1.807, 2.05) is 84.8 Å². The van der Waals surface area contributed by atoms with Gasteiger partial charge in [-0.1, -0.05) is 150 Å². The third kappa shape index (κ3) is 8.14. The summed E-state index contributed by atoms with van der Waals surface area (Å²) >= 11 is 0. The second-order valence-corrected chi connectivity index (χ2v) is 19.6. The number of hydrogen-bond acceptors (Lipinski definition) is 3. The van der Waals surface area contributed by atoms with Gasteiger partial charge in [0.2, 0.25) is 0 Å². The van der Waals surface area contributed by atoms with Crippen LogP contribution in [0.4, 0.5) is 0 Å². The minimum Gasteiger partial charge on any atom is -0.510 e. The van der Waals surface area contributed by atoms with Crippen LogP contribution < -0.4 is 0 Å². The first-order valence-electron chi connectivity index (χ1n) is 29.5. The molecule has 14 rings (SSSR count). The van der Waals surface area contributed by atoms with Crippen LogP contribution in [0, 0.1) is 25.8 Å². The van der Waals surface area contributed by atoms with Gasteiger partial charge in [-0.15, -0.1) is 29.1 Å². The van der Waals surface area contributed by atoms with Crippen LogP contribution in [-0.4, -0.2) is 18.5 Å². The quantitative estimate of drug-likeness (QED) is 0.154. The van der Waals surface area contributed by atoms with Crippen molar-refractivity contribution < 1.29 is 47.7 Å². The maximum absolute atomic E-state index is 9.94. The molecule has 10 bridgehead atoms. The smallest absolute Gasteiger partial charge is 0.135 e. The number of nitrogens with zero attached hydrogens (tertiary/aromatic N) is 4. The van der Waals surface area contributed by atoms with E-state index < -0.39 is 48.2 Å². The van der Waals surface area contributed by atoms with Gasteiger partial charge in [-0.25, -0.2) is 4.98 Å². The van der Waals surface area contributed by atoms with Gasteiger partial charge in [0.25, 0.3) is 0 Å². The number of hydrogen-bond donors (Lipinski definition) is 0. The fraction of sp³-hybridized carbons (Fsp3) is 0.156. The molecule has 1 aliphatic heterocycles. The summed E-state index contributed by atoms with van der Waals surface area (Å²) in [6, 6.07) is 40.5. The zero-order valence-corrected chi connectivity index (χ0v) is 41.9. The Morgan fingerprint density at radius 3 is 2.20 bits per heavy atom. The number of rotatable bonds is 1. The Labute approximate surface area is 446 Å². The van der Waals surface area contributed by atoms with Crippen LogP contribution in [0.25, 0.3) is 105 Å². The molecule has 354 valence electrons. The third-order valence-electron chi connectivity index (χ3n) is 12.8. The number of imidazole rings is 1. The predicted octanol–water partition coefficient (Wildman–Crippen LogP) is 17.2. The van der Waals surface area contributed by atoms with Crippen LogP contribution in [0.5, 0.6) is 0 Å². The third-order valence-corrected chi connectivity index (χ3v) is 12.8. The Bertz CT molecular complexity index is 4880. The second-order valence-electron chi connectivity index (χ2n) is 19.6. The summed E-state index contributed by atoms with van der Waals surface area (Å²) in [5.74, 6) is 0. The van der Waals surface area contributed by atoms with Crippen molar-refractivity contribution in [2.24, 2.45) is 0 Å². The van der Waals surface area contributed by atoms with Crippen molar-refractivity contribution in [2.45, 2.75) is 66.1 Å². The van der Waals surface area contributed by atoms with Crippen LogP contribution in [0.2, 0.25) is 0 Å². The molecule has 8 aromatic carbocycles. The van der Waals surface area contributed by atoms with Gasteiger partial charge in [-0.2, -0.15) is 24.3 Å². The Kier molecular flexibility index (Phi) is 8.12. The van der Waals surface area contributed by atoms with E-state index in [-0.39, 0.29) is 95.0 Å². The number of fused-ring (bicyclic) bond motifs is 5. The minimum atomic E-state index is -2.97. The molecule has 0 atom stereocenters. The van der Waals surface area contributed by atoms with E-state index in [0.29, 0.717) is 44.1 Å². The van der Waals surface area contributed by atoms with Gasteiger partial charge in [-0.3, -0.25) is 0 Å². The fourth-order valence-corrected chi connectivity index (χ4v) is 9.22. The van der Waals surface area contributed by atoms with Gasteiger partial charge >= 0.3 is 0 Å². The van der Waals surface area contributed by atoms with Crippen molar-refractivity contribution in [3.8, 4) is 22.5 Å². The summed E-state index contributed by atoms with van der Waals surface area (Å²) in [6.45, 7) is 6.23. The Morgan fingerprint density at radius 1 is 0.634 bits per heavy atom. The van der Waals surface area contributed by atoms with Gasteiger partial charge in [0, 0.05) is 69.3 Å². The molecule has 0 amide bonds. The summed E-state index contributed by atoms with van der Waals surface area (Å²) in [5.41, 5.74) is 3.66. The number of aryl methyl sites for hydroxylation is 1. The average molecular weight is 1120 g/mol. The fourth-order valence-electron chi connectivity index (χ4n) is 9.22. The standard InChI is InChI=1S/C64H53N4O2.Pt/c1-40-23-29-50-51-30-28-49-37-59(51)68(58(50)31-40)61-32-41(2)55(38-65-61)52-19-9-12-22-60(52)70-47-26-24-42(25-27-47)53-34-45(64(6,7)8)35-54(43-15-13-16-44(33-43)63(3,4)5)62(53)67-39-66(56-20-10-11-21-57(56)67)46-17-14-18-48(36-46)69-49;/h9-35,38-39H,1-8H3;/q-3;/i1D3,2D3,13D,15D,16D,23D,29D,31D,33D;. The molecular formula is C64H53N4O2Pt-3. The number of aromatic nitrogens is 4. The molecule has 71 heavy (non-hydrogen) atoms. The van der Waals surface area contributed by atoms with Gasteiger partial charge in [-0.05, 0) is 121 Å². The average Bonchev–Trinajstić information content (AvgIpc) is 1.59. The molecule has 0 fully saturated rings. The number of para-hydroxylation sites is 3. The van der Waals surface area contributed by atoms with E-state index >= 15 is 0 Å². The summed E-state index contributed by atoms with van der Waals surface area (Å²) < 4.78 is 136. The van der Waals surface area contributed by atoms with Gasteiger partial charge in [0.1, 0.15) is 16.8 Å². The first-order valence-corrected chi connectivity index (χ1v) is 23.0. The molecule has 0 unspecified atom stereocenters. The molecule has 5 aromatic heterocycles. The molecule has 7 heteroatoms. The summed E-state index contributed by atoms with van der Waals surface area (Å²) in [7, 11) is 0. The zero-order chi connectivity index (χ0) is 59.1. The molecule has 13 aromatic rings. The van der Waals surface area contributed by atoms with Crippen LogP contribution in [-0.2, 0) is 31.9 Å². The van der Waals surface area contributed by atoms with E-state index in [1.54, 1.807) is 60.7 Å². The Morgan fingerprint density at radius 2 is 1.41 bits per heavy atom. The minimum absolute atomic E-state index is 0. The Balaban J connectivity index is 0.00000736. The zero-order valence-electron chi connectivity index (χ0n) is 52.6. The maximum Gasteiger partial charge on any atom is 0.135 e. The molecule has 6 nitrogen and oxygen atoms in total. The van der Waals surface area contributed by atoms with E-state index in [0.717, 1.165) is 27.7 Å². The van der Waals surface area contributed by atoms with Crippen molar-refractivity contribution in [3.63, 3.8) is 0 Å². The van der Waals surface area contributed by atoms with Gasteiger partial charge in [0.15, 0.2) is 0 Å². The summed E-state index contributed by atoms with van der Waals surface area (Å²) in [6.07, 6.45) is 3.30. The first-order chi connectivity index (χ1) is 39.1. The normalized spacial score (nSPS) is 15.1. The topological polar surface area (TPSA) is 53.4 Å². The van der Waals surface area contributed by atoms with Crippen LogP contribution in [0.15, 0.2) is 185 Å². The predicted molar refractivity (Wildman–Crippen MR) is 291 cm³/mol. The van der Waals surface area contributed by atoms with Crippen molar-refractivity contribution in [3.05, 3.63) is 211 Å². The van der Waals surface area contributed by atoms with E-state index in [4.69, 9.17) is 24.8 Å². The van der Waals surface area contributed by atoms with Crippen LogP contribution in [0.3, 0.4) is 0 Å². The maximum atomic E-state index is 9.94. The molecule has 0 saturated carbocycles. The van der Waals surface area contributed by atoms with Crippen molar-refractivity contribution in [2.75, 3.05) is 0 Å². The first kappa shape index (κ1) is 33.1. The van der Waals surface area contributed by atoms with Gasteiger partial charge in [0.05, 0.1) is 9.60 Å². The van der Waals surface area contributed by atoms with E-state index in [2.05, 4.69) is 39.0 Å². The van der Waals surface area contributed by atoms with E-state index in [9.17, 15) is 6.85 Å². The Hall–Kier alpha value is -7.53. The van der Waals surface area contributed by atoms with Crippen molar-refractivity contribution in [1.29, 1.82) is 0 Å². The van der Waals surface area contributed by atoms with Crippen molar-refractivity contribution >= 4 is 82.4 Å². The number of pyridine rings is 1. The summed E-state index contributed by atoms with van der Waals surface area (Å²) in [5, 5.41) is 2.41. The second kappa shape index (κ2) is 17.4. The SMILES string of the molecule is [2H]c1c([2H])c(-c2cc(C(C)(C)C)cc3c4ccc(cc4)oc4ccccc4c4cnc(cc4C([2H])([2H])[2H])n4c5[c-]c(ccc5c5c([2H])c([2H])c(C([2H])([2H])[2H])c([2H])c54)oc4[c-]c(ccc4)n4[cH-]n(c23)-c2ccccc2-4)c([2H])c(C(C)(C)C)c1[2H].[Pt].